The highest BCUT2D eigenvalue weighted by Crippen LogP contribution is 2.06. The summed E-state index contributed by atoms with van der Waals surface area (Å²) in [6.45, 7) is 4.35. The largest absolute Gasteiger partial charge is 0.469 e. The summed E-state index contributed by atoms with van der Waals surface area (Å²) in [7, 11) is 1.42. The third-order valence-electron chi connectivity index (χ3n) is 2.67. The lowest BCUT2D eigenvalue weighted by atomic mass is 10.2. The van der Waals surface area contributed by atoms with Gasteiger partial charge in [-0.05, 0) is 42.2 Å². The maximum Gasteiger partial charge on any atom is 0.305 e. The standard InChI is InChI=1S/C14H23N3O2S/c1-3-15-14(17-10-12-7-9-20-11-12)16-8-5-4-6-13(18)19-2/h7,9,11H,3-6,8,10H2,1-2H3,(H2,15,16,17). The van der Waals surface area contributed by atoms with Crippen LogP contribution in [0.15, 0.2) is 21.8 Å². The molecule has 20 heavy (non-hydrogen) atoms. The van der Waals surface area contributed by atoms with Gasteiger partial charge in [0, 0.05) is 19.5 Å². The van der Waals surface area contributed by atoms with Crippen molar-refractivity contribution >= 4 is 23.3 Å². The van der Waals surface area contributed by atoms with Crippen molar-refractivity contribution in [3.05, 3.63) is 22.4 Å². The van der Waals surface area contributed by atoms with Gasteiger partial charge in [0.25, 0.3) is 0 Å². The fourth-order valence-corrected chi connectivity index (χ4v) is 2.26. The van der Waals surface area contributed by atoms with Crippen LogP contribution in [0.2, 0.25) is 0 Å². The summed E-state index contributed by atoms with van der Waals surface area (Å²) >= 11 is 1.68. The molecule has 0 saturated heterocycles. The Hall–Kier alpha value is -1.56. The van der Waals surface area contributed by atoms with Gasteiger partial charge in [-0.1, -0.05) is 0 Å². The molecule has 0 saturated carbocycles. The quantitative estimate of drug-likeness (QED) is 0.334. The number of aliphatic imine (C=N–C) groups is 1. The van der Waals surface area contributed by atoms with E-state index in [1.807, 2.05) is 6.92 Å². The third kappa shape index (κ3) is 7.13. The Morgan fingerprint density at radius 1 is 1.40 bits per heavy atom. The highest BCUT2D eigenvalue weighted by atomic mass is 32.1. The Kier molecular flexibility index (Phi) is 8.46. The minimum atomic E-state index is -0.150. The van der Waals surface area contributed by atoms with Crippen molar-refractivity contribution in [3.63, 3.8) is 0 Å². The average Bonchev–Trinajstić information content (AvgIpc) is 2.97. The summed E-state index contributed by atoms with van der Waals surface area (Å²) in [5.74, 6) is 0.666. The Morgan fingerprint density at radius 3 is 2.90 bits per heavy atom. The van der Waals surface area contributed by atoms with Crippen molar-refractivity contribution < 1.29 is 9.53 Å². The van der Waals surface area contributed by atoms with E-state index < -0.39 is 0 Å². The van der Waals surface area contributed by atoms with Crippen molar-refractivity contribution in [2.75, 3.05) is 20.2 Å². The van der Waals surface area contributed by atoms with Crippen LogP contribution in [-0.2, 0) is 16.1 Å². The number of esters is 1. The van der Waals surface area contributed by atoms with Crippen LogP contribution < -0.4 is 10.6 Å². The summed E-state index contributed by atoms with van der Waals surface area (Å²) in [6, 6.07) is 2.08. The van der Waals surface area contributed by atoms with E-state index in [9.17, 15) is 4.79 Å². The van der Waals surface area contributed by atoms with Crippen molar-refractivity contribution in [3.8, 4) is 0 Å². The number of nitrogens with one attached hydrogen (secondary N) is 2. The Bertz CT molecular complexity index is 405. The van der Waals surface area contributed by atoms with E-state index in [1.165, 1.54) is 12.7 Å². The zero-order valence-corrected chi connectivity index (χ0v) is 13.0. The van der Waals surface area contributed by atoms with Crippen LogP contribution in [0.25, 0.3) is 0 Å². The van der Waals surface area contributed by atoms with Crippen LogP contribution in [0.3, 0.4) is 0 Å². The second-order valence-corrected chi connectivity index (χ2v) is 5.07. The first-order chi connectivity index (χ1) is 9.76. The maximum absolute atomic E-state index is 11.0. The van der Waals surface area contributed by atoms with Crippen LogP contribution >= 0.6 is 11.3 Å². The molecule has 1 heterocycles. The number of rotatable bonds is 8. The first-order valence-corrected chi connectivity index (χ1v) is 7.80. The van der Waals surface area contributed by atoms with E-state index in [0.717, 1.165) is 31.9 Å². The van der Waals surface area contributed by atoms with Gasteiger partial charge in [-0.25, -0.2) is 4.99 Å². The Labute approximate surface area is 124 Å². The first-order valence-electron chi connectivity index (χ1n) is 6.86. The molecule has 0 bridgehead atoms. The number of carbonyl (C=O) groups is 1. The number of nitrogens with zero attached hydrogens (tertiary/aromatic N) is 1. The van der Waals surface area contributed by atoms with Gasteiger partial charge in [0.15, 0.2) is 5.96 Å². The number of hydrogen-bond acceptors (Lipinski definition) is 4. The van der Waals surface area contributed by atoms with Gasteiger partial charge >= 0.3 is 5.97 Å². The van der Waals surface area contributed by atoms with Gasteiger partial charge in [-0.2, -0.15) is 11.3 Å². The summed E-state index contributed by atoms with van der Waals surface area (Å²) in [6.07, 6.45) is 2.21. The molecule has 0 fully saturated rings. The molecule has 1 aromatic heterocycles. The minimum absolute atomic E-state index is 0.150. The first kappa shape index (κ1) is 16.5. The summed E-state index contributed by atoms with van der Waals surface area (Å²) < 4.78 is 4.60. The number of methoxy groups -OCH3 is 1. The normalized spacial score (nSPS) is 11.2. The van der Waals surface area contributed by atoms with Crippen molar-refractivity contribution in [2.24, 2.45) is 4.99 Å². The zero-order chi connectivity index (χ0) is 14.6. The van der Waals surface area contributed by atoms with E-state index in [-0.39, 0.29) is 5.97 Å². The molecule has 0 aliphatic rings. The van der Waals surface area contributed by atoms with Gasteiger partial charge in [0.05, 0.1) is 13.7 Å². The smallest absolute Gasteiger partial charge is 0.305 e. The van der Waals surface area contributed by atoms with E-state index in [2.05, 4.69) is 37.2 Å². The highest BCUT2D eigenvalue weighted by Gasteiger charge is 2.00. The average molecular weight is 297 g/mol. The molecule has 1 rings (SSSR count). The van der Waals surface area contributed by atoms with Crippen molar-refractivity contribution in [1.82, 2.24) is 10.6 Å². The van der Waals surface area contributed by atoms with Gasteiger partial charge in [-0.3, -0.25) is 4.79 Å². The molecule has 2 N–H and O–H groups in total. The van der Waals surface area contributed by atoms with E-state index in [0.29, 0.717) is 13.0 Å². The molecule has 0 aromatic carbocycles. The number of ether oxygens (including phenoxy) is 1. The van der Waals surface area contributed by atoms with Crippen LogP contribution in [0.1, 0.15) is 31.7 Å². The van der Waals surface area contributed by atoms with Crippen LogP contribution in [0.4, 0.5) is 0 Å². The van der Waals surface area contributed by atoms with Crippen molar-refractivity contribution in [1.29, 1.82) is 0 Å². The number of unbranched alkanes of at least 4 members (excludes halogenated alkanes) is 1. The van der Waals surface area contributed by atoms with Crippen LogP contribution in [0.5, 0.6) is 0 Å². The summed E-state index contributed by atoms with van der Waals surface area (Å²) in [4.78, 5) is 15.5. The maximum atomic E-state index is 11.0. The molecule has 112 valence electrons. The molecule has 1 aromatic rings. The van der Waals surface area contributed by atoms with Crippen molar-refractivity contribution in [2.45, 2.75) is 32.7 Å². The monoisotopic (exact) mass is 297 g/mol. The van der Waals surface area contributed by atoms with Gasteiger partial charge in [-0.15, -0.1) is 0 Å². The van der Waals surface area contributed by atoms with Crippen LogP contribution in [0, 0.1) is 0 Å². The fourth-order valence-electron chi connectivity index (χ4n) is 1.60. The molecule has 0 spiro atoms. The zero-order valence-electron chi connectivity index (χ0n) is 12.1. The predicted molar refractivity (Wildman–Crippen MR) is 83.0 cm³/mol. The molecule has 5 nitrogen and oxygen atoms in total. The molecule has 6 heteroatoms. The molecule has 0 unspecified atom stereocenters. The molecule has 0 amide bonds. The number of thiophene rings is 1. The second-order valence-electron chi connectivity index (χ2n) is 4.29. The summed E-state index contributed by atoms with van der Waals surface area (Å²) in [5.41, 5.74) is 1.22. The Balaban J connectivity index is 2.24. The lowest BCUT2D eigenvalue weighted by molar-refractivity contribution is -0.140. The lowest BCUT2D eigenvalue weighted by Gasteiger charge is -2.10. The predicted octanol–water partition coefficient (Wildman–Crippen LogP) is 2.15. The molecule has 0 atom stereocenters. The van der Waals surface area contributed by atoms with E-state index in [4.69, 9.17) is 0 Å². The summed E-state index contributed by atoms with van der Waals surface area (Å²) in [5, 5.41) is 10.6. The fraction of sp³-hybridized carbons (Fsp3) is 0.571. The van der Waals surface area contributed by atoms with Crippen LogP contribution in [-0.4, -0.2) is 32.1 Å². The molecule has 0 aliphatic carbocycles. The topological polar surface area (TPSA) is 62.7 Å². The highest BCUT2D eigenvalue weighted by molar-refractivity contribution is 7.07. The number of hydrogen-bond donors (Lipinski definition) is 2. The molecular formula is C14H23N3O2S. The van der Waals surface area contributed by atoms with Gasteiger partial charge in [0.2, 0.25) is 0 Å². The second kappa shape index (κ2) is 10.3. The van der Waals surface area contributed by atoms with Gasteiger partial charge in [0.1, 0.15) is 0 Å². The molecular weight excluding hydrogens is 274 g/mol. The number of guanidine groups is 1. The third-order valence-corrected chi connectivity index (χ3v) is 3.40. The minimum Gasteiger partial charge on any atom is -0.469 e. The lowest BCUT2D eigenvalue weighted by Crippen LogP contribution is -2.37. The molecule has 0 aliphatic heterocycles. The Morgan fingerprint density at radius 2 is 2.25 bits per heavy atom. The number of carbonyl (C=O) groups excluding carboxylic acids is 1. The van der Waals surface area contributed by atoms with E-state index >= 15 is 0 Å². The molecule has 0 radical (unpaired) electrons. The SMILES string of the molecule is CCNC(=NCc1ccsc1)NCCCCC(=O)OC. The van der Waals surface area contributed by atoms with Gasteiger partial charge < -0.3 is 15.4 Å². The van der Waals surface area contributed by atoms with E-state index in [1.54, 1.807) is 11.3 Å².